The fourth-order valence-corrected chi connectivity index (χ4v) is 0.884. The standard InChI is InChI=1S/C8H11N3O.C2H6/c1-3-4-6-5-11(2)8(12)10-7(6)9;1-2/h3-5H,1-2H3,(H2,9,10,12);1-2H3/b4-3+;. The van der Waals surface area contributed by atoms with Gasteiger partial charge in [-0.1, -0.05) is 26.0 Å². The minimum absolute atomic E-state index is 0.274. The van der Waals surface area contributed by atoms with Gasteiger partial charge in [0.2, 0.25) is 0 Å². The molecule has 0 bridgehead atoms. The molecule has 1 heterocycles. The van der Waals surface area contributed by atoms with Crippen molar-refractivity contribution in [1.29, 1.82) is 0 Å². The highest BCUT2D eigenvalue weighted by atomic mass is 16.1. The van der Waals surface area contributed by atoms with Crippen molar-refractivity contribution in [3.05, 3.63) is 28.3 Å². The topological polar surface area (TPSA) is 60.9 Å². The fourth-order valence-electron chi connectivity index (χ4n) is 0.884. The Balaban J connectivity index is 0.000000791. The van der Waals surface area contributed by atoms with Crippen LogP contribution < -0.4 is 11.4 Å². The van der Waals surface area contributed by atoms with Crippen LogP contribution in [0.4, 0.5) is 5.82 Å². The van der Waals surface area contributed by atoms with Gasteiger partial charge in [-0.05, 0) is 6.92 Å². The van der Waals surface area contributed by atoms with Crippen molar-refractivity contribution < 1.29 is 0 Å². The first kappa shape index (κ1) is 12.4. The molecule has 0 radical (unpaired) electrons. The lowest BCUT2D eigenvalue weighted by Crippen LogP contribution is -2.21. The largest absolute Gasteiger partial charge is 0.383 e. The van der Waals surface area contributed by atoms with Crippen molar-refractivity contribution in [3.8, 4) is 0 Å². The van der Waals surface area contributed by atoms with Crippen molar-refractivity contribution in [2.24, 2.45) is 7.05 Å². The van der Waals surface area contributed by atoms with E-state index in [4.69, 9.17) is 5.73 Å². The molecule has 1 aromatic rings. The molecule has 0 aliphatic heterocycles. The van der Waals surface area contributed by atoms with Gasteiger partial charge in [0, 0.05) is 18.8 Å². The van der Waals surface area contributed by atoms with Crippen LogP contribution in [-0.2, 0) is 7.05 Å². The molecular weight excluding hydrogens is 178 g/mol. The Morgan fingerprint density at radius 3 is 2.57 bits per heavy atom. The Morgan fingerprint density at radius 1 is 1.50 bits per heavy atom. The van der Waals surface area contributed by atoms with E-state index in [9.17, 15) is 4.79 Å². The van der Waals surface area contributed by atoms with Crippen LogP contribution in [0.25, 0.3) is 6.08 Å². The van der Waals surface area contributed by atoms with E-state index in [-0.39, 0.29) is 11.5 Å². The molecule has 14 heavy (non-hydrogen) atoms. The summed E-state index contributed by atoms with van der Waals surface area (Å²) in [7, 11) is 1.64. The van der Waals surface area contributed by atoms with Crippen molar-refractivity contribution in [3.63, 3.8) is 0 Å². The summed E-state index contributed by atoms with van der Waals surface area (Å²) in [6, 6.07) is 0. The third-order valence-corrected chi connectivity index (χ3v) is 1.49. The Kier molecular flexibility index (Phi) is 5.29. The maximum absolute atomic E-state index is 10.9. The lowest BCUT2D eigenvalue weighted by atomic mass is 10.3. The lowest BCUT2D eigenvalue weighted by Gasteiger charge is -2.00. The van der Waals surface area contributed by atoms with Gasteiger partial charge in [-0.25, -0.2) is 4.79 Å². The zero-order valence-corrected chi connectivity index (χ0v) is 9.11. The number of hydrogen-bond donors (Lipinski definition) is 1. The molecule has 0 aliphatic rings. The predicted molar refractivity (Wildman–Crippen MR) is 59.9 cm³/mol. The highest BCUT2D eigenvalue weighted by Crippen LogP contribution is 2.05. The van der Waals surface area contributed by atoms with Crippen LogP contribution in [0.3, 0.4) is 0 Å². The number of hydrogen-bond acceptors (Lipinski definition) is 3. The summed E-state index contributed by atoms with van der Waals surface area (Å²) < 4.78 is 1.39. The van der Waals surface area contributed by atoms with Gasteiger partial charge in [-0.2, -0.15) is 4.98 Å². The van der Waals surface area contributed by atoms with Crippen LogP contribution in [0, 0.1) is 0 Å². The van der Waals surface area contributed by atoms with Crippen LogP contribution in [0.1, 0.15) is 26.3 Å². The van der Waals surface area contributed by atoms with Gasteiger partial charge in [0.05, 0.1) is 0 Å². The van der Waals surface area contributed by atoms with Gasteiger partial charge in [-0.3, -0.25) is 0 Å². The highest BCUT2D eigenvalue weighted by Gasteiger charge is 1.98. The van der Waals surface area contributed by atoms with Crippen LogP contribution in [0.15, 0.2) is 17.1 Å². The molecule has 0 fully saturated rings. The molecule has 0 unspecified atom stereocenters. The molecule has 0 aliphatic carbocycles. The van der Waals surface area contributed by atoms with Gasteiger partial charge >= 0.3 is 5.69 Å². The van der Waals surface area contributed by atoms with Gasteiger partial charge in [0.1, 0.15) is 5.82 Å². The first-order valence-electron chi connectivity index (χ1n) is 4.61. The molecule has 1 rings (SSSR count). The smallest absolute Gasteiger partial charge is 0.349 e. The van der Waals surface area contributed by atoms with Crippen molar-refractivity contribution in [2.75, 3.05) is 5.73 Å². The molecule has 0 amide bonds. The fraction of sp³-hybridized carbons (Fsp3) is 0.400. The van der Waals surface area contributed by atoms with Gasteiger partial charge < -0.3 is 10.3 Å². The number of allylic oxidation sites excluding steroid dienone is 1. The molecule has 78 valence electrons. The Labute approximate surface area is 84.1 Å². The number of aromatic nitrogens is 2. The first-order chi connectivity index (χ1) is 6.65. The maximum Gasteiger partial charge on any atom is 0.349 e. The molecule has 1 aromatic heterocycles. The molecule has 0 spiro atoms. The zero-order chi connectivity index (χ0) is 11.1. The predicted octanol–water partition coefficient (Wildman–Crippen LogP) is 1.42. The third-order valence-electron chi connectivity index (χ3n) is 1.49. The average molecular weight is 195 g/mol. The first-order valence-corrected chi connectivity index (χ1v) is 4.61. The van der Waals surface area contributed by atoms with E-state index in [1.165, 1.54) is 4.57 Å². The Hall–Kier alpha value is -1.58. The van der Waals surface area contributed by atoms with E-state index in [1.54, 1.807) is 13.2 Å². The Bertz CT molecular complexity index is 366. The number of rotatable bonds is 1. The zero-order valence-electron chi connectivity index (χ0n) is 9.11. The normalized spacial score (nSPS) is 9.71. The monoisotopic (exact) mass is 195 g/mol. The summed E-state index contributed by atoms with van der Waals surface area (Å²) >= 11 is 0. The second kappa shape index (κ2) is 5.96. The van der Waals surface area contributed by atoms with E-state index in [1.807, 2.05) is 32.9 Å². The second-order valence-corrected chi connectivity index (χ2v) is 2.47. The SMILES string of the molecule is C/C=C/c1cn(C)c(=O)nc1N.CC. The van der Waals surface area contributed by atoms with Crippen LogP contribution in [0.2, 0.25) is 0 Å². The summed E-state index contributed by atoms with van der Waals surface area (Å²) in [4.78, 5) is 14.6. The summed E-state index contributed by atoms with van der Waals surface area (Å²) in [6.45, 7) is 5.88. The average Bonchev–Trinajstić information content (AvgIpc) is 2.18. The number of aryl methyl sites for hydroxylation is 1. The van der Waals surface area contributed by atoms with Crippen LogP contribution in [0.5, 0.6) is 0 Å². The molecule has 0 aromatic carbocycles. The number of nitrogens with zero attached hydrogens (tertiary/aromatic N) is 2. The van der Waals surface area contributed by atoms with Gasteiger partial charge in [0.15, 0.2) is 0 Å². The molecule has 4 nitrogen and oxygen atoms in total. The number of nitrogens with two attached hydrogens (primary N) is 1. The van der Waals surface area contributed by atoms with Gasteiger partial charge in [-0.15, -0.1) is 0 Å². The van der Waals surface area contributed by atoms with Crippen LogP contribution >= 0.6 is 0 Å². The minimum Gasteiger partial charge on any atom is -0.383 e. The quantitative estimate of drug-likeness (QED) is 0.737. The number of nitrogen functional groups attached to an aromatic ring is 1. The summed E-state index contributed by atoms with van der Waals surface area (Å²) in [6.07, 6.45) is 5.31. The van der Waals surface area contributed by atoms with E-state index >= 15 is 0 Å². The third kappa shape index (κ3) is 3.05. The summed E-state index contributed by atoms with van der Waals surface area (Å²) in [5.41, 5.74) is 5.93. The lowest BCUT2D eigenvalue weighted by molar-refractivity contribution is 0.811. The molecule has 0 saturated carbocycles. The van der Waals surface area contributed by atoms with Gasteiger partial charge in [0.25, 0.3) is 0 Å². The molecule has 2 N–H and O–H groups in total. The second-order valence-electron chi connectivity index (χ2n) is 2.47. The van der Waals surface area contributed by atoms with Crippen molar-refractivity contribution >= 4 is 11.9 Å². The van der Waals surface area contributed by atoms with Crippen molar-refractivity contribution in [1.82, 2.24) is 9.55 Å². The van der Waals surface area contributed by atoms with E-state index < -0.39 is 0 Å². The van der Waals surface area contributed by atoms with Crippen molar-refractivity contribution in [2.45, 2.75) is 20.8 Å². The number of anilines is 1. The maximum atomic E-state index is 10.9. The molecule has 0 saturated heterocycles. The minimum atomic E-state index is -0.333. The molecule has 0 atom stereocenters. The summed E-state index contributed by atoms with van der Waals surface area (Å²) in [5.74, 6) is 0.274. The molecular formula is C10H17N3O. The Morgan fingerprint density at radius 2 is 2.07 bits per heavy atom. The molecule has 4 heteroatoms. The van der Waals surface area contributed by atoms with E-state index in [0.29, 0.717) is 0 Å². The van der Waals surface area contributed by atoms with E-state index in [0.717, 1.165) is 5.56 Å². The highest BCUT2D eigenvalue weighted by molar-refractivity contribution is 5.59. The van der Waals surface area contributed by atoms with E-state index in [2.05, 4.69) is 4.98 Å². The van der Waals surface area contributed by atoms with Crippen LogP contribution in [-0.4, -0.2) is 9.55 Å². The summed E-state index contributed by atoms with van der Waals surface area (Å²) in [5, 5.41) is 0.